The molecule has 106 valence electrons. The summed E-state index contributed by atoms with van der Waals surface area (Å²) in [6.45, 7) is 0. The topological polar surface area (TPSA) is 51.2 Å². The summed E-state index contributed by atoms with van der Waals surface area (Å²) in [5, 5.41) is 3.98. The van der Waals surface area contributed by atoms with Crippen molar-refractivity contribution in [1.29, 1.82) is 0 Å². The molecule has 1 aliphatic carbocycles. The van der Waals surface area contributed by atoms with E-state index < -0.39 is 0 Å². The average Bonchev–Trinajstić information content (AvgIpc) is 3.13. The van der Waals surface area contributed by atoms with Gasteiger partial charge in [0.2, 0.25) is 0 Å². The number of esters is 1. The molecule has 1 heterocycles. The van der Waals surface area contributed by atoms with Crippen LogP contribution < -0.4 is 5.32 Å². The molecular formula is C15H18N2O2S. The van der Waals surface area contributed by atoms with Crippen molar-refractivity contribution in [1.82, 2.24) is 4.98 Å². The molecule has 1 N–H and O–H groups in total. The highest BCUT2D eigenvalue weighted by Crippen LogP contribution is 2.40. The van der Waals surface area contributed by atoms with Gasteiger partial charge in [0.05, 0.1) is 22.9 Å². The largest absolute Gasteiger partial charge is 0.465 e. The molecule has 1 aromatic carbocycles. The molecule has 0 bridgehead atoms. The second-order valence-electron chi connectivity index (χ2n) is 5.15. The molecule has 1 aromatic heterocycles. The number of nitrogens with one attached hydrogen (secondary N) is 1. The first-order valence-electron chi connectivity index (χ1n) is 6.93. The normalized spacial score (nSPS) is 15.7. The van der Waals surface area contributed by atoms with E-state index in [0.29, 0.717) is 11.5 Å². The van der Waals surface area contributed by atoms with Gasteiger partial charge in [0.1, 0.15) is 0 Å². The predicted octanol–water partition coefficient (Wildman–Crippen LogP) is 3.78. The fourth-order valence-corrected chi connectivity index (χ4v) is 3.84. The van der Waals surface area contributed by atoms with Gasteiger partial charge >= 0.3 is 5.97 Å². The molecule has 0 radical (unpaired) electrons. The Balaban J connectivity index is 2.17. The van der Waals surface area contributed by atoms with Crippen LogP contribution >= 0.6 is 11.3 Å². The molecule has 20 heavy (non-hydrogen) atoms. The van der Waals surface area contributed by atoms with Crippen molar-refractivity contribution in [2.75, 3.05) is 19.5 Å². The second-order valence-corrected chi connectivity index (χ2v) is 6.18. The molecule has 0 unspecified atom stereocenters. The number of aromatic nitrogens is 1. The number of thiazole rings is 1. The minimum Gasteiger partial charge on any atom is -0.465 e. The van der Waals surface area contributed by atoms with Crippen molar-refractivity contribution in [3.63, 3.8) is 0 Å². The van der Waals surface area contributed by atoms with Gasteiger partial charge in [-0.3, -0.25) is 0 Å². The van der Waals surface area contributed by atoms with Gasteiger partial charge < -0.3 is 10.1 Å². The van der Waals surface area contributed by atoms with Gasteiger partial charge in [-0.05, 0) is 36.5 Å². The summed E-state index contributed by atoms with van der Waals surface area (Å²) < 4.78 is 5.92. The van der Waals surface area contributed by atoms with Gasteiger partial charge in [-0.25, -0.2) is 9.78 Å². The maximum atomic E-state index is 11.8. The van der Waals surface area contributed by atoms with Crippen LogP contribution in [-0.2, 0) is 4.74 Å². The molecule has 1 fully saturated rings. The zero-order valence-corrected chi connectivity index (χ0v) is 12.5. The van der Waals surface area contributed by atoms with Crippen LogP contribution in [0, 0.1) is 0 Å². The van der Waals surface area contributed by atoms with Gasteiger partial charge in [-0.1, -0.05) is 24.2 Å². The third-order valence-corrected chi connectivity index (χ3v) is 4.97. The average molecular weight is 290 g/mol. The van der Waals surface area contributed by atoms with Gasteiger partial charge in [0, 0.05) is 7.05 Å². The lowest BCUT2D eigenvalue weighted by atomic mass is 9.95. The van der Waals surface area contributed by atoms with E-state index in [9.17, 15) is 4.79 Å². The molecule has 0 amide bonds. The minimum atomic E-state index is -0.273. The van der Waals surface area contributed by atoms with Crippen LogP contribution in [0.3, 0.4) is 0 Å². The number of anilines is 1. The lowest BCUT2D eigenvalue weighted by Gasteiger charge is -2.11. The van der Waals surface area contributed by atoms with E-state index in [1.165, 1.54) is 38.4 Å². The van der Waals surface area contributed by atoms with Crippen molar-refractivity contribution >= 4 is 32.7 Å². The van der Waals surface area contributed by atoms with E-state index in [2.05, 4.69) is 10.3 Å². The van der Waals surface area contributed by atoms with Gasteiger partial charge in [-0.2, -0.15) is 0 Å². The Kier molecular flexibility index (Phi) is 3.61. The number of fused-ring (bicyclic) bond motifs is 1. The zero-order valence-electron chi connectivity index (χ0n) is 11.7. The summed E-state index contributed by atoms with van der Waals surface area (Å²) in [5.74, 6) is 0.250. The molecule has 0 saturated heterocycles. The second kappa shape index (κ2) is 5.40. The quantitative estimate of drug-likeness (QED) is 0.874. The van der Waals surface area contributed by atoms with Crippen LogP contribution in [0.15, 0.2) is 12.1 Å². The number of rotatable bonds is 3. The van der Waals surface area contributed by atoms with E-state index in [1.54, 1.807) is 11.3 Å². The summed E-state index contributed by atoms with van der Waals surface area (Å²) in [6.07, 6.45) is 4.90. The molecule has 0 aliphatic heterocycles. The number of hydrogen-bond donors (Lipinski definition) is 1. The summed E-state index contributed by atoms with van der Waals surface area (Å²) in [5.41, 5.74) is 2.88. The van der Waals surface area contributed by atoms with E-state index in [4.69, 9.17) is 4.74 Å². The first-order valence-corrected chi connectivity index (χ1v) is 7.75. The van der Waals surface area contributed by atoms with Crippen LogP contribution in [0.25, 0.3) is 10.2 Å². The number of methoxy groups -OCH3 is 1. The van der Waals surface area contributed by atoms with E-state index in [1.807, 2.05) is 19.2 Å². The van der Waals surface area contributed by atoms with Gasteiger partial charge in [0.25, 0.3) is 0 Å². The summed E-state index contributed by atoms with van der Waals surface area (Å²) >= 11 is 1.58. The van der Waals surface area contributed by atoms with Crippen molar-refractivity contribution in [3.8, 4) is 0 Å². The standard InChI is InChI=1S/C15H18N2O2S/c1-16-15-17-13-11(9-5-3-4-6-9)7-10(14(18)19-2)8-12(13)20-15/h7-9H,3-6H2,1-2H3,(H,16,17). The number of hydrogen-bond acceptors (Lipinski definition) is 5. The van der Waals surface area contributed by atoms with Crippen molar-refractivity contribution in [2.24, 2.45) is 0 Å². The van der Waals surface area contributed by atoms with Crippen LogP contribution in [0.4, 0.5) is 5.13 Å². The van der Waals surface area contributed by atoms with E-state index in [-0.39, 0.29) is 5.97 Å². The lowest BCUT2D eigenvalue weighted by molar-refractivity contribution is 0.0601. The third kappa shape index (κ3) is 2.26. The molecule has 1 aliphatic rings. The highest BCUT2D eigenvalue weighted by atomic mass is 32.1. The monoisotopic (exact) mass is 290 g/mol. The van der Waals surface area contributed by atoms with Crippen LogP contribution in [0.5, 0.6) is 0 Å². The van der Waals surface area contributed by atoms with Crippen LogP contribution in [-0.4, -0.2) is 25.1 Å². The maximum Gasteiger partial charge on any atom is 0.337 e. The van der Waals surface area contributed by atoms with E-state index in [0.717, 1.165) is 15.3 Å². The Hall–Kier alpha value is -1.62. The molecule has 1 saturated carbocycles. The Morgan fingerprint density at radius 2 is 2.15 bits per heavy atom. The Bertz CT molecular complexity index is 645. The molecule has 3 rings (SSSR count). The number of benzene rings is 1. The molecule has 4 nitrogen and oxygen atoms in total. The van der Waals surface area contributed by atoms with Crippen molar-refractivity contribution in [3.05, 3.63) is 23.3 Å². The van der Waals surface area contributed by atoms with E-state index >= 15 is 0 Å². The summed E-state index contributed by atoms with van der Waals surface area (Å²) in [6, 6.07) is 3.86. The smallest absolute Gasteiger partial charge is 0.337 e. The SMILES string of the molecule is CNc1nc2c(C3CCCC3)cc(C(=O)OC)cc2s1. The third-order valence-electron chi connectivity index (χ3n) is 3.95. The number of ether oxygens (including phenoxy) is 1. The number of carbonyl (C=O) groups is 1. The molecule has 2 aromatic rings. The molecule has 0 spiro atoms. The number of nitrogens with zero attached hydrogens (tertiary/aromatic N) is 1. The molecule has 5 heteroatoms. The Morgan fingerprint density at radius 1 is 1.40 bits per heavy atom. The fraction of sp³-hybridized carbons (Fsp3) is 0.467. The summed E-state index contributed by atoms with van der Waals surface area (Å²) in [4.78, 5) is 16.5. The fourth-order valence-electron chi connectivity index (χ4n) is 2.95. The van der Waals surface area contributed by atoms with Crippen molar-refractivity contribution < 1.29 is 9.53 Å². The maximum absolute atomic E-state index is 11.8. The predicted molar refractivity (Wildman–Crippen MR) is 81.7 cm³/mol. The first-order chi connectivity index (χ1) is 9.72. The highest BCUT2D eigenvalue weighted by Gasteiger charge is 2.23. The minimum absolute atomic E-state index is 0.273. The molecular weight excluding hydrogens is 272 g/mol. The molecule has 0 atom stereocenters. The summed E-state index contributed by atoms with van der Waals surface area (Å²) in [7, 11) is 3.29. The van der Waals surface area contributed by atoms with Crippen molar-refractivity contribution in [2.45, 2.75) is 31.6 Å². The Morgan fingerprint density at radius 3 is 2.80 bits per heavy atom. The first kappa shape index (κ1) is 13.4. The zero-order chi connectivity index (χ0) is 14.1. The lowest BCUT2D eigenvalue weighted by Crippen LogP contribution is -2.03. The van der Waals surface area contributed by atoms with Gasteiger partial charge in [0.15, 0.2) is 5.13 Å². The Labute approximate surface area is 122 Å². The number of carbonyl (C=O) groups excluding carboxylic acids is 1. The van der Waals surface area contributed by atoms with Gasteiger partial charge in [-0.15, -0.1) is 0 Å². The van der Waals surface area contributed by atoms with Crippen LogP contribution in [0.1, 0.15) is 47.5 Å². The van der Waals surface area contributed by atoms with Crippen LogP contribution in [0.2, 0.25) is 0 Å². The highest BCUT2D eigenvalue weighted by molar-refractivity contribution is 7.22.